The first kappa shape index (κ1) is 28.4. The number of pyridine rings is 1. The smallest absolute Gasteiger partial charge is 0.335 e. The number of carboxylic acids is 1. The predicted molar refractivity (Wildman–Crippen MR) is 149 cm³/mol. The number of nitrogens with zero attached hydrogens (tertiary/aromatic N) is 3. The summed E-state index contributed by atoms with van der Waals surface area (Å²) in [6, 6.07) is 13.8. The number of aromatic nitrogens is 3. The molecule has 5 aromatic rings. The third kappa shape index (κ3) is 5.80. The Kier molecular flexibility index (Phi) is 7.57. The van der Waals surface area contributed by atoms with Gasteiger partial charge in [0.15, 0.2) is 11.6 Å². The van der Waals surface area contributed by atoms with E-state index in [0.29, 0.717) is 24.5 Å². The molecule has 0 spiro atoms. The summed E-state index contributed by atoms with van der Waals surface area (Å²) in [4.78, 5) is 20.1. The van der Waals surface area contributed by atoms with E-state index in [1.165, 1.54) is 30.3 Å². The Labute approximate surface area is 243 Å². The second kappa shape index (κ2) is 11.5. The first-order valence-electron chi connectivity index (χ1n) is 13.5. The number of hydrogen-bond acceptors (Lipinski definition) is 5. The molecule has 1 atom stereocenters. The maximum atomic E-state index is 15.4. The zero-order valence-electron chi connectivity index (χ0n) is 22.9. The van der Waals surface area contributed by atoms with Gasteiger partial charge in [0.2, 0.25) is 0 Å². The average Bonchev–Trinajstić information content (AvgIpc) is 3.29. The summed E-state index contributed by atoms with van der Waals surface area (Å²) in [5, 5.41) is 9.41. The number of ether oxygens (including phenoxy) is 2. The lowest BCUT2D eigenvalue weighted by molar-refractivity contribution is -0.0589. The lowest BCUT2D eigenvalue weighted by Crippen LogP contribution is -2.31. The molecule has 43 heavy (non-hydrogen) atoms. The third-order valence-electron chi connectivity index (χ3n) is 7.40. The average molecular weight is 592 g/mol. The third-order valence-corrected chi connectivity index (χ3v) is 7.40. The highest BCUT2D eigenvalue weighted by atomic mass is 19.1. The van der Waals surface area contributed by atoms with E-state index in [1.807, 2.05) is 0 Å². The minimum absolute atomic E-state index is 0.00934. The molecular formula is C32H25F4N3O4. The molecule has 0 saturated carbocycles. The zero-order chi connectivity index (χ0) is 30.2. The van der Waals surface area contributed by atoms with Crippen LogP contribution in [0.15, 0.2) is 60.7 Å². The first-order valence-corrected chi connectivity index (χ1v) is 13.5. The van der Waals surface area contributed by atoms with Crippen LogP contribution in [0.3, 0.4) is 0 Å². The fourth-order valence-electron chi connectivity index (χ4n) is 4.95. The van der Waals surface area contributed by atoms with Crippen LogP contribution in [0.2, 0.25) is 0 Å². The Hall–Kier alpha value is -4.77. The molecule has 0 aliphatic carbocycles. The van der Waals surface area contributed by atoms with Gasteiger partial charge in [-0.15, -0.1) is 0 Å². The standard InChI is InChI=1S/C32H25F4N3O4/c1-17-2-3-20(24(34)10-17)16-43-31-23(33)6-7-27(37-31)19-5-4-18(25(35)11-19)14-29-38-30-26(36)12-21(32(40)41)13-28(30)39(29)15-22-8-9-42-22/h2-7,10-13,22H,8-9,14-16H2,1H3,(H,40,41). The van der Waals surface area contributed by atoms with Gasteiger partial charge in [-0.2, -0.15) is 0 Å². The van der Waals surface area contributed by atoms with E-state index in [0.717, 1.165) is 24.1 Å². The molecule has 6 rings (SSSR count). The molecule has 3 aromatic carbocycles. The molecule has 1 aliphatic rings. The van der Waals surface area contributed by atoms with Gasteiger partial charge in [-0.25, -0.2) is 32.3 Å². The molecule has 220 valence electrons. The van der Waals surface area contributed by atoms with Crippen molar-refractivity contribution in [2.75, 3.05) is 6.61 Å². The predicted octanol–water partition coefficient (Wildman–Crippen LogP) is 6.62. The van der Waals surface area contributed by atoms with E-state index >= 15 is 4.39 Å². The molecule has 0 bridgehead atoms. The minimum atomic E-state index is -1.28. The maximum absolute atomic E-state index is 15.4. The Bertz CT molecular complexity index is 1870. The summed E-state index contributed by atoms with van der Waals surface area (Å²) < 4.78 is 71.6. The van der Waals surface area contributed by atoms with E-state index in [4.69, 9.17) is 9.47 Å². The van der Waals surface area contributed by atoms with Crippen LogP contribution < -0.4 is 4.74 Å². The summed E-state index contributed by atoms with van der Waals surface area (Å²) in [5.74, 6) is -3.89. The summed E-state index contributed by atoms with van der Waals surface area (Å²) in [7, 11) is 0. The van der Waals surface area contributed by atoms with E-state index in [9.17, 15) is 23.1 Å². The van der Waals surface area contributed by atoms with Gasteiger partial charge in [-0.05, 0) is 60.9 Å². The van der Waals surface area contributed by atoms with Crippen LogP contribution in [0.4, 0.5) is 17.6 Å². The Balaban J connectivity index is 1.27. The number of imidazole rings is 1. The van der Waals surface area contributed by atoms with Crippen LogP contribution in [-0.4, -0.2) is 38.3 Å². The fraction of sp³-hybridized carbons (Fsp3) is 0.219. The van der Waals surface area contributed by atoms with Gasteiger partial charge in [0.25, 0.3) is 5.88 Å². The number of benzene rings is 3. The number of aryl methyl sites for hydroxylation is 1. The first-order chi connectivity index (χ1) is 20.7. The van der Waals surface area contributed by atoms with Crippen molar-refractivity contribution in [3.05, 3.63) is 112 Å². The zero-order valence-corrected chi connectivity index (χ0v) is 22.9. The van der Waals surface area contributed by atoms with Crippen molar-refractivity contribution in [2.45, 2.75) is 39.0 Å². The Morgan fingerprint density at radius 2 is 1.72 bits per heavy atom. The summed E-state index contributed by atoms with van der Waals surface area (Å²) in [6.45, 7) is 2.40. The fourth-order valence-corrected chi connectivity index (χ4v) is 4.95. The number of hydrogen-bond donors (Lipinski definition) is 1. The van der Waals surface area contributed by atoms with Crippen molar-refractivity contribution in [3.8, 4) is 17.1 Å². The molecule has 3 heterocycles. The van der Waals surface area contributed by atoms with E-state index < -0.39 is 29.2 Å². The molecule has 1 aliphatic heterocycles. The van der Waals surface area contributed by atoms with Crippen LogP contribution in [0.1, 0.15) is 39.3 Å². The number of aromatic carboxylic acids is 1. The molecule has 1 fully saturated rings. The van der Waals surface area contributed by atoms with Crippen molar-refractivity contribution in [1.82, 2.24) is 14.5 Å². The highest BCUT2D eigenvalue weighted by Crippen LogP contribution is 2.29. The second-order valence-electron chi connectivity index (χ2n) is 10.4. The Morgan fingerprint density at radius 3 is 2.42 bits per heavy atom. The van der Waals surface area contributed by atoms with Gasteiger partial charge >= 0.3 is 5.97 Å². The van der Waals surface area contributed by atoms with Gasteiger partial charge in [0.05, 0.1) is 29.4 Å². The molecule has 0 amide bonds. The quantitative estimate of drug-likeness (QED) is 0.194. The van der Waals surface area contributed by atoms with Gasteiger partial charge in [-0.3, -0.25) is 0 Å². The maximum Gasteiger partial charge on any atom is 0.335 e. The number of rotatable bonds is 9. The molecule has 11 heteroatoms. The van der Waals surface area contributed by atoms with Crippen molar-refractivity contribution in [2.24, 2.45) is 0 Å². The molecular weight excluding hydrogens is 566 g/mol. The highest BCUT2D eigenvalue weighted by Gasteiger charge is 2.24. The van der Waals surface area contributed by atoms with Crippen LogP contribution in [0.5, 0.6) is 5.88 Å². The van der Waals surface area contributed by atoms with Crippen molar-refractivity contribution in [1.29, 1.82) is 0 Å². The summed E-state index contributed by atoms with van der Waals surface area (Å²) in [5.41, 5.74) is 1.87. The molecule has 7 nitrogen and oxygen atoms in total. The number of fused-ring (bicyclic) bond motifs is 1. The van der Waals surface area contributed by atoms with Crippen LogP contribution in [0, 0.1) is 30.2 Å². The number of halogens is 4. The normalized spacial score (nSPS) is 14.6. The SMILES string of the molecule is Cc1ccc(COc2nc(-c3ccc(Cc4nc5c(F)cc(C(=O)O)cc5n4CC4CCO4)c(F)c3)ccc2F)c(F)c1. The number of carbonyl (C=O) groups is 1. The monoisotopic (exact) mass is 591 g/mol. The second-order valence-corrected chi connectivity index (χ2v) is 10.4. The lowest BCUT2D eigenvalue weighted by Gasteiger charge is -2.27. The molecule has 1 unspecified atom stereocenters. The Morgan fingerprint density at radius 1 is 0.953 bits per heavy atom. The van der Waals surface area contributed by atoms with E-state index in [-0.39, 0.29) is 58.4 Å². The van der Waals surface area contributed by atoms with E-state index in [2.05, 4.69) is 9.97 Å². The van der Waals surface area contributed by atoms with Crippen LogP contribution >= 0.6 is 0 Å². The molecule has 2 aromatic heterocycles. The lowest BCUT2D eigenvalue weighted by atomic mass is 10.0. The van der Waals surface area contributed by atoms with Crippen molar-refractivity contribution < 1.29 is 36.9 Å². The van der Waals surface area contributed by atoms with Gasteiger partial charge in [0.1, 0.15) is 29.6 Å². The van der Waals surface area contributed by atoms with Gasteiger partial charge in [0, 0.05) is 24.2 Å². The minimum Gasteiger partial charge on any atom is -0.478 e. The van der Waals surface area contributed by atoms with Gasteiger partial charge < -0.3 is 19.1 Å². The van der Waals surface area contributed by atoms with Crippen LogP contribution in [0.25, 0.3) is 22.3 Å². The van der Waals surface area contributed by atoms with E-state index in [1.54, 1.807) is 29.7 Å². The highest BCUT2D eigenvalue weighted by molar-refractivity contribution is 5.92. The van der Waals surface area contributed by atoms with Crippen molar-refractivity contribution >= 4 is 17.0 Å². The molecule has 1 N–H and O–H groups in total. The summed E-state index contributed by atoms with van der Waals surface area (Å²) in [6.07, 6.45) is 0.617. The molecule has 1 saturated heterocycles. The van der Waals surface area contributed by atoms with Crippen molar-refractivity contribution in [3.63, 3.8) is 0 Å². The summed E-state index contributed by atoms with van der Waals surface area (Å²) >= 11 is 0. The number of carboxylic acid groups (broad SMARTS) is 1. The van der Waals surface area contributed by atoms with Crippen LogP contribution in [-0.2, 0) is 24.3 Å². The largest absolute Gasteiger partial charge is 0.478 e. The van der Waals surface area contributed by atoms with Gasteiger partial charge in [-0.1, -0.05) is 24.3 Å². The topological polar surface area (TPSA) is 86.5 Å². The molecule has 0 radical (unpaired) electrons.